The molecule has 1 aliphatic heterocycles. The number of benzene rings is 1. The number of hydrogen-bond acceptors (Lipinski definition) is 4. The van der Waals surface area contributed by atoms with Gasteiger partial charge in [-0.2, -0.15) is 0 Å². The summed E-state index contributed by atoms with van der Waals surface area (Å²) >= 11 is 0. The van der Waals surface area contributed by atoms with E-state index in [9.17, 15) is 4.79 Å². The molecule has 1 unspecified atom stereocenters. The molecule has 1 amide bonds. The van der Waals surface area contributed by atoms with Gasteiger partial charge in [0.1, 0.15) is 0 Å². The Morgan fingerprint density at radius 1 is 1.23 bits per heavy atom. The fourth-order valence-electron chi connectivity index (χ4n) is 3.62. The van der Waals surface area contributed by atoms with Crippen LogP contribution in [0.1, 0.15) is 42.8 Å². The first-order valence-electron chi connectivity index (χ1n) is 10.4. The molecule has 0 bridgehead atoms. The van der Waals surface area contributed by atoms with E-state index in [0.717, 1.165) is 36.8 Å². The topological polar surface area (TPSA) is 81.9 Å². The number of guanidine groups is 1. The highest BCUT2D eigenvalue weighted by Gasteiger charge is 2.22. The van der Waals surface area contributed by atoms with Crippen LogP contribution in [0.3, 0.4) is 0 Å². The number of hydrogen-bond donors (Lipinski definition) is 3. The number of aliphatic imine (C=N–C) groups is 1. The molecule has 1 fully saturated rings. The summed E-state index contributed by atoms with van der Waals surface area (Å²) in [4.78, 5) is 19.4. The van der Waals surface area contributed by atoms with Gasteiger partial charge in [-0.25, -0.2) is 4.99 Å². The summed E-state index contributed by atoms with van der Waals surface area (Å²) in [5.41, 5.74) is 1.75. The number of likely N-dealkylation sites (N-methyl/N-ethyl adjacent to an activating group) is 1. The van der Waals surface area contributed by atoms with E-state index in [0.29, 0.717) is 18.3 Å². The fraction of sp³-hybridized carbons (Fsp3) is 0.455. The van der Waals surface area contributed by atoms with Gasteiger partial charge in [0.25, 0.3) is 5.91 Å². The number of carbonyl (C=O) groups is 1. The molecule has 1 aliphatic rings. The summed E-state index contributed by atoms with van der Waals surface area (Å²) in [6.07, 6.45) is 3.99. The van der Waals surface area contributed by atoms with Crippen molar-refractivity contribution >= 4 is 41.5 Å². The van der Waals surface area contributed by atoms with Gasteiger partial charge in [-0.15, -0.1) is 24.0 Å². The number of likely N-dealkylation sites (tertiary alicyclic amines) is 1. The number of nitrogens with one attached hydrogen (secondary N) is 3. The van der Waals surface area contributed by atoms with E-state index in [1.807, 2.05) is 24.3 Å². The van der Waals surface area contributed by atoms with Crippen LogP contribution in [-0.4, -0.2) is 49.0 Å². The first-order chi connectivity index (χ1) is 14.2. The number of nitrogens with zero attached hydrogens (tertiary/aromatic N) is 2. The lowest BCUT2D eigenvalue weighted by Gasteiger charge is -2.24. The van der Waals surface area contributed by atoms with Crippen LogP contribution in [0.4, 0.5) is 5.69 Å². The summed E-state index contributed by atoms with van der Waals surface area (Å²) in [5.74, 6) is 0.850. The maximum absolute atomic E-state index is 12.1. The minimum Gasteiger partial charge on any atom is -0.459 e. The molecule has 0 spiro atoms. The lowest BCUT2D eigenvalue weighted by molar-refractivity contribution is 0.0996. The zero-order chi connectivity index (χ0) is 20.5. The first kappa shape index (κ1) is 24.2. The highest BCUT2D eigenvalue weighted by Crippen LogP contribution is 2.16. The Balaban J connectivity index is 0.00000320. The van der Waals surface area contributed by atoms with Crippen LogP contribution < -0.4 is 16.0 Å². The second-order valence-electron chi connectivity index (χ2n) is 7.13. The number of rotatable bonds is 8. The van der Waals surface area contributed by atoms with Gasteiger partial charge in [-0.3, -0.25) is 9.69 Å². The largest absolute Gasteiger partial charge is 0.459 e. The van der Waals surface area contributed by atoms with Crippen LogP contribution in [0.25, 0.3) is 0 Å². The Morgan fingerprint density at radius 2 is 2.10 bits per heavy atom. The molecule has 0 aliphatic carbocycles. The molecule has 1 saturated heterocycles. The third-order valence-corrected chi connectivity index (χ3v) is 5.10. The molecular formula is C22H32IN5O2. The molecule has 164 valence electrons. The van der Waals surface area contributed by atoms with Crippen molar-refractivity contribution in [2.24, 2.45) is 4.99 Å². The maximum atomic E-state index is 12.1. The standard InChI is InChI=1S/C22H31N5O2.HI/c1-3-23-22(25-16-19-10-6-12-27(19)4-2)24-15-17-8-5-9-18(14-17)26-21(28)20-11-7-13-29-20;/h5,7-9,11,13-14,19H,3-4,6,10,12,15-16H2,1-2H3,(H,26,28)(H2,23,24,25);1H. The van der Waals surface area contributed by atoms with Crippen LogP contribution in [0.15, 0.2) is 52.1 Å². The minimum absolute atomic E-state index is 0. The Labute approximate surface area is 195 Å². The maximum Gasteiger partial charge on any atom is 0.291 e. The van der Waals surface area contributed by atoms with Crippen molar-refractivity contribution < 1.29 is 9.21 Å². The van der Waals surface area contributed by atoms with Gasteiger partial charge in [0.15, 0.2) is 11.7 Å². The summed E-state index contributed by atoms with van der Waals surface area (Å²) in [7, 11) is 0. The zero-order valence-corrected chi connectivity index (χ0v) is 20.0. The second-order valence-corrected chi connectivity index (χ2v) is 7.13. The monoisotopic (exact) mass is 525 g/mol. The zero-order valence-electron chi connectivity index (χ0n) is 17.7. The van der Waals surface area contributed by atoms with Crippen molar-refractivity contribution in [2.75, 3.05) is 31.5 Å². The van der Waals surface area contributed by atoms with E-state index in [4.69, 9.17) is 9.41 Å². The average molecular weight is 525 g/mol. The van der Waals surface area contributed by atoms with Crippen LogP contribution in [0, 0.1) is 0 Å². The van der Waals surface area contributed by atoms with Gasteiger partial charge in [-0.05, 0) is 62.7 Å². The molecule has 2 heterocycles. The van der Waals surface area contributed by atoms with Gasteiger partial charge >= 0.3 is 0 Å². The fourth-order valence-corrected chi connectivity index (χ4v) is 3.62. The summed E-state index contributed by atoms with van der Waals surface area (Å²) in [6, 6.07) is 11.6. The Bertz CT molecular complexity index is 810. The van der Waals surface area contributed by atoms with Crippen molar-refractivity contribution in [1.29, 1.82) is 0 Å². The highest BCUT2D eigenvalue weighted by atomic mass is 127. The van der Waals surface area contributed by atoms with Gasteiger partial charge < -0.3 is 20.4 Å². The molecule has 8 heteroatoms. The van der Waals surface area contributed by atoms with Crippen LogP contribution in [0.2, 0.25) is 0 Å². The first-order valence-corrected chi connectivity index (χ1v) is 10.4. The molecule has 30 heavy (non-hydrogen) atoms. The van der Waals surface area contributed by atoms with E-state index < -0.39 is 0 Å². The van der Waals surface area contributed by atoms with Crippen LogP contribution in [-0.2, 0) is 6.54 Å². The summed E-state index contributed by atoms with van der Waals surface area (Å²) in [6.45, 7) is 8.81. The SMILES string of the molecule is CCNC(=NCc1cccc(NC(=O)c2ccco2)c1)NCC1CCCN1CC.I. The Kier molecular flexibility index (Phi) is 10.2. The quantitative estimate of drug-likeness (QED) is 0.278. The molecule has 1 aromatic heterocycles. The van der Waals surface area contributed by atoms with E-state index in [-0.39, 0.29) is 29.9 Å². The number of anilines is 1. The normalized spacial score (nSPS) is 16.7. The van der Waals surface area contributed by atoms with Crippen LogP contribution >= 0.6 is 24.0 Å². The number of halogens is 1. The number of amides is 1. The molecule has 0 saturated carbocycles. The Morgan fingerprint density at radius 3 is 2.83 bits per heavy atom. The minimum atomic E-state index is -0.261. The van der Waals surface area contributed by atoms with Crippen LogP contribution in [0.5, 0.6) is 0 Å². The van der Waals surface area contributed by atoms with E-state index in [2.05, 4.69) is 34.7 Å². The molecule has 7 nitrogen and oxygen atoms in total. The molecule has 3 N–H and O–H groups in total. The predicted molar refractivity (Wildman–Crippen MR) is 132 cm³/mol. The van der Waals surface area contributed by atoms with Gasteiger partial charge in [0, 0.05) is 24.8 Å². The van der Waals surface area contributed by atoms with Crippen molar-refractivity contribution in [3.8, 4) is 0 Å². The third-order valence-electron chi connectivity index (χ3n) is 5.10. The second kappa shape index (κ2) is 12.6. The lowest BCUT2D eigenvalue weighted by Crippen LogP contribution is -2.44. The summed E-state index contributed by atoms with van der Waals surface area (Å²) < 4.78 is 5.13. The average Bonchev–Trinajstić information content (AvgIpc) is 3.42. The molecular weight excluding hydrogens is 493 g/mol. The number of carbonyl (C=O) groups excluding carboxylic acids is 1. The smallest absolute Gasteiger partial charge is 0.291 e. The Hall–Kier alpha value is -2.07. The van der Waals surface area contributed by atoms with E-state index in [1.165, 1.54) is 25.6 Å². The van der Waals surface area contributed by atoms with Crippen molar-refractivity contribution in [3.05, 3.63) is 54.0 Å². The molecule has 2 aromatic rings. The highest BCUT2D eigenvalue weighted by molar-refractivity contribution is 14.0. The van der Waals surface area contributed by atoms with E-state index in [1.54, 1.807) is 12.1 Å². The molecule has 3 rings (SSSR count). The van der Waals surface area contributed by atoms with Gasteiger partial charge in [-0.1, -0.05) is 19.1 Å². The number of furan rings is 1. The third kappa shape index (κ3) is 7.02. The van der Waals surface area contributed by atoms with E-state index >= 15 is 0 Å². The lowest BCUT2D eigenvalue weighted by atomic mass is 10.2. The summed E-state index contributed by atoms with van der Waals surface area (Å²) in [5, 5.41) is 9.64. The van der Waals surface area contributed by atoms with Crippen molar-refractivity contribution in [3.63, 3.8) is 0 Å². The van der Waals surface area contributed by atoms with Crippen molar-refractivity contribution in [2.45, 2.75) is 39.3 Å². The molecule has 1 atom stereocenters. The predicted octanol–water partition coefficient (Wildman–Crippen LogP) is 3.69. The molecule has 1 aromatic carbocycles. The molecule has 0 radical (unpaired) electrons. The van der Waals surface area contributed by atoms with Gasteiger partial charge in [0.05, 0.1) is 12.8 Å². The van der Waals surface area contributed by atoms with Crippen molar-refractivity contribution in [1.82, 2.24) is 15.5 Å². The van der Waals surface area contributed by atoms with Gasteiger partial charge in [0.2, 0.25) is 0 Å².